The monoisotopic (exact) mass is 460 g/mol. The summed E-state index contributed by atoms with van der Waals surface area (Å²) in [6.45, 7) is 0. The van der Waals surface area contributed by atoms with E-state index in [9.17, 15) is 27.0 Å². The maximum Gasteiger partial charge on any atom is 0.322 e. The van der Waals surface area contributed by atoms with Gasteiger partial charge in [-0.25, -0.2) is 18.0 Å². The first-order valence-electron chi connectivity index (χ1n) is 9.32. The van der Waals surface area contributed by atoms with Crippen molar-refractivity contribution in [1.82, 2.24) is 9.88 Å². The molecular weight excluding hydrogens is 445 g/mol. The van der Waals surface area contributed by atoms with Crippen LogP contribution in [0.15, 0.2) is 35.1 Å². The predicted octanol–water partition coefficient (Wildman–Crippen LogP) is 3.28. The molecule has 1 aromatic heterocycles. The van der Waals surface area contributed by atoms with Gasteiger partial charge in [0.2, 0.25) is 0 Å². The van der Waals surface area contributed by atoms with E-state index in [1.54, 1.807) is 6.07 Å². The third-order valence-electron chi connectivity index (χ3n) is 5.29. The topological polar surface area (TPSA) is 106 Å². The number of hydrogen-bond acceptors (Lipinski definition) is 4. The minimum absolute atomic E-state index is 0.00389. The van der Waals surface area contributed by atoms with Crippen molar-refractivity contribution in [2.24, 2.45) is 0 Å². The van der Waals surface area contributed by atoms with Crippen LogP contribution in [-0.2, 0) is 16.6 Å². The number of urea groups is 1. The van der Waals surface area contributed by atoms with E-state index in [1.807, 2.05) is 0 Å². The second-order valence-electron chi connectivity index (χ2n) is 7.27. The van der Waals surface area contributed by atoms with Gasteiger partial charge in [0.1, 0.15) is 11.9 Å². The molecule has 0 spiro atoms. The number of hydrogen-bond donors (Lipinski definition) is 2. The molecule has 0 saturated heterocycles. The molecule has 0 fully saturated rings. The summed E-state index contributed by atoms with van der Waals surface area (Å²) >= 11 is 0. The first-order chi connectivity index (χ1) is 15.2. The summed E-state index contributed by atoms with van der Waals surface area (Å²) in [4.78, 5) is 29.0. The zero-order valence-corrected chi connectivity index (χ0v) is 17.4. The highest BCUT2D eigenvalue weighted by Crippen LogP contribution is 2.35. The van der Waals surface area contributed by atoms with E-state index >= 15 is 0 Å². The molecule has 0 aliphatic carbocycles. The van der Waals surface area contributed by atoms with E-state index < -0.39 is 45.9 Å². The number of nitrogens with one attached hydrogen (secondary N) is 2. The molecule has 7 nitrogen and oxygen atoms in total. The van der Waals surface area contributed by atoms with Gasteiger partial charge in [-0.15, -0.1) is 0 Å². The van der Waals surface area contributed by atoms with Gasteiger partial charge in [0.25, 0.3) is 5.56 Å². The van der Waals surface area contributed by atoms with E-state index in [2.05, 4.69) is 10.3 Å². The summed E-state index contributed by atoms with van der Waals surface area (Å²) in [5.41, 5.74) is -0.103. The Labute approximate surface area is 181 Å². The van der Waals surface area contributed by atoms with Crippen LogP contribution >= 0.6 is 0 Å². The number of benzene rings is 2. The highest BCUT2D eigenvalue weighted by atomic mass is 32.2. The first-order valence-corrected chi connectivity index (χ1v) is 10.8. The number of rotatable bonds is 2. The van der Waals surface area contributed by atoms with Crippen molar-refractivity contribution in [2.45, 2.75) is 11.8 Å². The molecule has 2 aromatic carbocycles. The van der Waals surface area contributed by atoms with Crippen LogP contribution in [0.25, 0.3) is 10.8 Å². The molecule has 3 aromatic rings. The number of anilines is 1. The fourth-order valence-corrected chi connectivity index (χ4v) is 5.12. The largest absolute Gasteiger partial charge is 0.324 e. The van der Waals surface area contributed by atoms with Crippen LogP contribution in [0.1, 0.15) is 22.9 Å². The standard InChI is InChI=1S/C21H15F3N4O3S/c1-28(21(30)26-11-2-3-14(22)10(4-11)7-25)18-9-32(31)8-17-19(18)12-5-15(23)16(24)6-13(12)20(29)27-17/h2-6,18H,8-9H2,1H3,(H,26,30)(H,27,29)/t18-,32+/m1/s1. The number of pyridine rings is 1. The van der Waals surface area contributed by atoms with Crippen molar-refractivity contribution in [3.05, 3.63) is 75.0 Å². The molecule has 0 unspecified atom stereocenters. The molecule has 2 heterocycles. The second kappa shape index (κ2) is 8.12. The Morgan fingerprint density at radius 2 is 1.88 bits per heavy atom. The van der Waals surface area contributed by atoms with Crippen molar-refractivity contribution >= 4 is 33.3 Å². The zero-order valence-electron chi connectivity index (χ0n) is 16.5. The van der Waals surface area contributed by atoms with E-state index in [-0.39, 0.29) is 39.2 Å². The van der Waals surface area contributed by atoms with Gasteiger partial charge in [-0.05, 0) is 35.7 Å². The van der Waals surface area contributed by atoms with Crippen LogP contribution in [0.4, 0.5) is 23.7 Å². The predicted molar refractivity (Wildman–Crippen MR) is 112 cm³/mol. The van der Waals surface area contributed by atoms with E-state index in [0.29, 0.717) is 5.56 Å². The lowest BCUT2D eigenvalue weighted by Gasteiger charge is -2.33. The molecule has 164 valence electrons. The van der Waals surface area contributed by atoms with Gasteiger partial charge in [0.05, 0.1) is 22.7 Å². The molecule has 0 radical (unpaired) electrons. The zero-order chi connectivity index (χ0) is 23.2. The molecule has 4 rings (SSSR count). The Bertz CT molecular complexity index is 1400. The van der Waals surface area contributed by atoms with Crippen LogP contribution in [0.5, 0.6) is 0 Å². The number of H-pyrrole nitrogens is 1. The van der Waals surface area contributed by atoms with Gasteiger partial charge in [-0.2, -0.15) is 5.26 Å². The molecule has 0 bridgehead atoms. The summed E-state index contributed by atoms with van der Waals surface area (Å²) in [7, 11) is -0.0221. The molecule has 2 amide bonds. The van der Waals surface area contributed by atoms with Crippen LogP contribution < -0.4 is 10.9 Å². The lowest BCUT2D eigenvalue weighted by molar-refractivity contribution is 0.209. The normalized spacial score (nSPS) is 17.5. The number of aromatic amines is 1. The van der Waals surface area contributed by atoms with Gasteiger partial charge >= 0.3 is 6.03 Å². The Kier molecular flexibility index (Phi) is 5.48. The maximum absolute atomic E-state index is 14.0. The SMILES string of the molecule is CN(C(=O)Nc1ccc(F)c(C#N)c1)[C@@H]1C[S@@](=O)Cc2[nH]c(=O)c3cc(F)c(F)cc3c21. The molecule has 0 saturated carbocycles. The van der Waals surface area contributed by atoms with Crippen LogP contribution in [0, 0.1) is 28.8 Å². The molecule has 2 N–H and O–H groups in total. The van der Waals surface area contributed by atoms with Gasteiger partial charge in [-0.1, -0.05) is 0 Å². The third-order valence-corrected chi connectivity index (χ3v) is 6.59. The van der Waals surface area contributed by atoms with Gasteiger partial charge < -0.3 is 15.2 Å². The Morgan fingerprint density at radius 1 is 1.19 bits per heavy atom. The molecule has 32 heavy (non-hydrogen) atoms. The van der Waals surface area contributed by atoms with Crippen LogP contribution in [0.2, 0.25) is 0 Å². The molecule has 2 atom stereocenters. The number of amides is 2. The highest BCUT2D eigenvalue weighted by molar-refractivity contribution is 7.84. The van der Waals surface area contributed by atoms with Crippen LogP contribution in [0.3, 0.4) is 0 Å². The van der Waals surface area contributed by atoms with Crippen molar-refractivity contribution < 1.29 is 22.2 Å². The molecule has 1 aliphatic rings. The summed E-state index contributed by atoms with van der Waals surface area (Å²) < 4.78 is 53.7. The number of nitriles is 1. The number of carbonyl (C=O) groups is 1. The average molecular weight is 460 g/mol. The lowest BCUT2D eigenvalue weighted by Crippen LogP contribution is -2.40. The number of nitrogens with zero attached hydrogens (tertiary/aromatic N) is 2. The van der Waals surface area contributed by atoms with Crippen molar-refractivity contribution in [3.8, 4) is 6.07 Å². The maximum atomic E-state index is 14.0. The summed E-state index contributed by atoms with van der Waals surface area (Å²) in [6, 6.07) is 5.33. The van der Waals surface area contributed by atoms with Gasteiger partial charge in [0, 0.05) is 40.5 Å². The number of aromatic nitrogens is 1. The Balaban J connectivity index is 1.76. The highest BCUT2D eigenvalue weighted by Gasteiger charge is 2.33. The lowest BCUT2D eigenvalue weighted by atomic mass is 9.97. The molecule has 1 aliphatic heterocycles. The fraction of sp³-hybridized carbons (Fsp3) is 0.190. The van der Waals surface area contributed by atoms with Crippen LogP contribution in [-0.4, -0.2) is 32.9 Å². The average Bonchev–Trinajstić information content (AvgIpc) is 2.75. The van der Waals surface area contributed by atoms with E-state index in [4.69, 9.17) is 5.26 Å². The molecule has 11 heteroatoms. The number of halogens is 3. The van der Waals surface area contributed by atoms with Gasteiger partial charge in [0.15, 0.2) is 11.6 Å². The minimum atomic E-state index is -1.44. The Hall–Kier alpha value is -3.65. The smallest absolute Gasteiger partial charge is 0.322 e. The van der Waals surface area contributed by atoms with Gasteiger partial charge in [-0.3, -0.25) is 9.00 Å². The van der Waals surface area contributed by atoms with Crippen molar-refractivity contribution in [2.75, 3.05) is 18.1 Å². The van der Waals surface area contributed by atoms with E-state index in [0.717, 1.165) is 18.2 Å². The summed E-state index contributed by atoms with van der Waals surface area (Å²) in [6.07, 6.45) is 0. The van der Waals surface area contributed by atoms with Crippen molar-refractivity contribution in [1.29, 1.82) is 5.26 Å². The first kappa shape index (κ1) is 21.6. The summed E-state index contributed by atoms with van der Waals surface area (Å²) in [5.74, 6) is -3.08. The van der Waals surface area contributed by atoms with E-state index in [1.165, 1.54) is 24.1 Å². The number of carbonyl (C=O) groups excluding carboxylic acids is 1. The van der Waals surface area contributed by atoms with Crippen molar-refractivity contribution in [3.63, 3.8) is 0 Å². The summed E-state index contributed by atoms with van der Waals surface area (Å²) in [5, 5.41) is 11.5. The molecular formula is C21H15F3N4O3S. The Morgan fingerprint density at radius 3 is 2.56 bits per heavy atom. The number of fused-ring (bicyclic) bond motifs is 3. The quantitative estimate of drug-likeness (QED) is 0.612. The second-order valence-corrected chi connectivity index (χ2v) is 8.77. The fourth-order valence-electron chi connectivity index (χ4n) is 3.71. The third kappa shape index (κ3) is 3.73. The minimum Gasteiger partial charge on any atom is -0.324 e.